The standard InChI is InChI=1S/C14H11N5OS/c1-9-2-3-11(20-9)14-18-10(7-21-14)6-19-8-17-12-13(19)16-5-4-15-12/h2-5,7-8H,6H2,1H3. The van der Waals surface area contributed by atoms with Crippen LogP contribution >= 0.6 is 11.3 Å². The van der Waals surface area contributed by atoms with Gasteiger partial charge in [0.2, 0.25) is 0 Å². The highest BCUT2D eigenvalue weighted by molar-refractivity contribution is 7.13. The minimum atomic E-state index is 0.616. The number of hydrogen-bond acceptors (Lipinski definition) is 6. The lowest BCUT2D eigenvalue weighted by Crippen LogP contribution is -1.99. The first kappa shape index (κ1) is 12.2. The van der Waals surface area contributed by atoms with Crippen LogP contribution in [0.2, 0.25) is 0 Å². The molecule has 7 heteroatoms. The molecule has 0 aliphatic carbocycles. The van der Waals surface area contributed by atoms with Gasteiger partial charge in [-0.15, -0.1) is 11.3 Å². The Hall–Kier alpha value is -2.54. The molecule has 4 heterocycles. The maximum absolute atomic E-state index is 5.59. The van der Waals surface area contributed by atoms with Crippen LogP contribution < -0.4 is 0 Å². The van der Waals surface area contributed by atoms with Gasteiger partial charge in [0.1, 0.15) is 5.76 Å². The fourth-order valence-electron chi connectivity index (χ4n) is 2.13. The molecule has 0 radical (unpaired) electrons. The van der Waals surface area contributed by atoms with Crippen molar-refractivity contribution >= 4 is 22.6 Å². The minimum absolute atomic E-state index is 0.616. The molecular formula is C14H11N5OS. The monoisotopic (exact) mass is 297 g/mol. The number of rotatable bonds is 3. The van der Waals surface area contributed by atoms with Gasteiger partial charge in [0.15, 0.2) is 22.1 Å². The van der Waals surface area contributed by atoms with Gasteiger partial charge in [-0.1, -0.05) is 0 Å². The number of furan rings is 1. The number of thiazole rings is 1. The Morgan fingerprint density at radius 3 is 2.95 bits per heavy atom. The second kappa shape index (κ2) is 4.78. The van der Waals surface area contributed by atoms with E-state index in [1.54, 1.807) is 30.1 Å². The Labute approximate surface area is 124 Å². The highest BCUT2D eigenvalue weighted by Crippen LogP contribution is 2.26. The van der Waals surface area contributed by atoms with Crippen LogP contribution in [0.4, 0.5) is 0 Å². The van der Waals surface area contributed by atoms with Gasteiger partial charge < -0.3 is 8.98 Å². The van der Waals surface area contributed by atoms with E-state index in [2.05, 4.69) is 19.9 Å². The molecule has 4 aromatic rings. The Bertz CT molecular complexity index is 907. The van der Waals surface area contributed by atoms with Crippen molar-refractivity contribution in [2.24, 2.45) is 0 Å². The van der Waals surface area contributed by atoms with E-state index in [1.165, 1.54) is 0 Å². The lowest BCUT2D eigenvalue weighted by Gasteiger charge is -1.99. The van der Waals surface area contributed by atoms with E-state index < -0.39 is 0 Å². The molecule has 0 amide bonds. The van der Waals surface area contributed by atoms with E-state index in [-0.39, 0.29) is 0 Å². The number of imidazole rings is 1. The van der Waals surface area contributed by atoms with Gasteiger partial charge in [0.05, 0.1) is 18.6 Å². The number of aromatic nitrogens is 5. The molecule has 0 aromatic carbocycles. The molecule has 0 saturated carbocycles. The zero-order chi connectivity index (χ0) is 14.2. The van der Waals surface area contributed by atoms with Crippen LogP contribution in [0.15, 0.2) is 40.7 Å². The number of hydrogen-bond donors (Lipinski definition) is 0. The first-order valence-electron chi connectivity index (χ1n) is 6.42. The molecule has 0 N–H and O–H groups in total. The third-order valence-corrected chi connectivity index (χ3v) is 3.99. The molecule has 0 fully saturated rings. The maximum atomic E-state index is 5.59. The van der Waals surface area contributed by atoms with Crippen molar-refractivity contribution in [3.05, 3.63) is 47.7 Å². The molecule has 6 nitrogen and oxygen atoms in total. The van der Waals surface area contributed by atoms with Gasteiger partial charge in [0, 0.05) is 17.8 Å². The van der Waals surface area contributed by atoms with Gasteiger partial charge in [-0.2, -0.15) is 0 Å². The van der Waals surface area contributed by atoms with E-state index >= 15 is 0 Å². The minimum Gasteiger partial charge on any atom is -0.459 e. The van der Waals surface area contributed by atoms with Gasteiger partial charge >= 0.3 is 0 Å². The van der Waals surface area contributed by atoms with Gasteiger partial charge in [-0.25, -0.2) is 19.9 Å². The van der Waals surface area contributed by atoms with Gasteiger partial charge in [-0.05, 0) is 19.1 Å². The summed E-state index contributed by atoms with van der Waals surface area (Å²) in [6, 6.07) is 3.88. The number of aryl methyl sites for hydroxylation is 1. The highest BCUT2D eigenvalue weighted by atomic mass is 32.1. The molecule has 0 aliphatic heterocycles. The molecule has 104 valence electrons. The van der Waals surface area contributed by atoms with Crippen molar-refractivity contribution < 1.29 is 4.42 Å². The Morgan fingerprint density at radius 2 is 2.10 bits per heavy atom. The fraction of sp³-hybridized carbons (Fsp3) is 0.143. The van der Waals surface area contributed by atoms with E-state index in [1.807, 2.05) is 29.0 Å². The number of fused-ring (bicyclic) bond motifs is 1. The zero-order valence-electron chi connectivity index (χ0n) is 11.2. The fourth-order valence-corrected chi connectivity index (χ4v) is 2.90. The van der Waals surface area contributed by atoms with Crippen LogP contribution in [0.3, 0.4) is 0 Å². The maximum Gasteiger partial charge on any atom is 0.197 e. The molecule has 21 heavy (non-hydrogen) atoms. The summed E-state index contributed by atoms with van der Waals surface area (Å²) in [5, 5.41) is 2.91. The van der Waals surface area contributed by atoms with E-state index in [9.17, 15) is 0 Å². The third-order valence-electron chi connectivity index (χ3n) is 3.09. The summed E-state index contributed by atoms with van der Waals surface area (Å²) in [6.45, 7) is 2.54. The predicted octanol–water partition coefficient (Wildman–Crippen LogP) is 2.90. The second-order valence-electron chi connectivity index (χ2n) is 4.63. The summed E-state index contributed by atoms with van der Waals surface area (Å²) in [5.74, 6) is 1.69. The average Bonchev–Trinajstić information content (AvgIpc) is 3.20. The Balaban J connectivity index is 1.64. The normalized spacial score (nSPS) is 11.3. The topological polar surface area (TPSA) is 69.6 Å². The van der Waals surface area contributed by atoms with Crippen LogP contribution in [-0.2, 0) is 6.54 Å². The van der Waals surface area contributed by atoms with Crippen molar-refractivity contribution in [2.75, 3.05) is 0 Å². The lowest BCUT2D eigenvalue weighted by molar-refractivity contribution is 0.547. The molecule has 4 rings (SSSR count). The average molecular weight is 297 g/mol. The molecule has 0 spiro atoms. The molecule has 0 unspecified atom stereocenters. The van der Waals surface area contributed by atoms with Gasteiger partial charge in [-0.3, -0.25) is 0 Å². The molecule has 0 saturated heterocycles. The zero-order valence-corrected chi connectivity index (χ0v) is 12.0. The summed E-state index contributed by atoms with van der Waals surface area (Å²) in [4.78, 5) is 17.3. The molecule has 0 bridgehead atoms. The third kappa shape index (κ3) is 2.21. The first-order chi connectivity index (χ1) is 10.3. The van der Waals surface area contributed by atoms with Crippen LogP contribution in [0.25, 0.3) is 22.1 Å². The summed E-state index contributed by atoms with van der Waals surface area (Å²) in [6.07, 6.45) is 5.04. The van der Waals surface area contributed by atoms with Crippen molar-refractivity contribution in [3.63, 3.8) is 0 Å². The SMILES string of the molecule is Cc1ccc(-c2nc(Cn3cnc4nccnc43)cs2)o1. The molecule has 0 atom stereocenters. The van der Waals surface area contributed by atoms with Crippen molar-refractivity contribution in [1.82, 2.24) is 24.5 Å². The van der Waals surface area contributed by atoms with E-state index in [4.69, 9.17) is 4.42 Å². The quantitative estimate of drug-likeness (QED) is 0.581. The molecular weight excluding hydrogens is 286 g/mol. The van der Waals surface area contributed by atoms with E-state index in [0.717, 1.165) is 27.9 Å². The van der Waals surface area contributed by atoms with Crippen molar-refractivity contribution in [2.45, 2.75) is 13.5 Å². The summed E-state index contributed by atoms with van der Waals surface area (Å²) < 4.78 is 7.53. The summed E-state index contributed by atoms with van der Waals surface area (Å²) >= 11 is 1.57. The Kier molecular flexibility index (Phi) is 2.78. The van der Waals surface area contributed by atoms with E-state index in [0.29, 0.717) is 12.2 Å². The van der Waals surface area contributed by atoms with Crippen molar-refractivity contribution in [1.29, 1.82) is 0 Å². The van der Waals surface area contributed by atoms with Gasteiger partial charge in [0.25, 0.3) is 0 Å². The lowest BCUT2D eigenvalue weighted by atomic mass is 10.4. The van der Waals surface area contributed by atoms with Crippen molar-refractivity contribution in [3.8, 4) is 10.8 Å². The molecule has 4 aromatic heterocycles. The van der Waals surface area contributed by atoms with Crippen LogP contribution in [0.5, 0.6) is 0 Å². The second-order valence-corrected chi connectivity index (χ2v) is 5.49. The smallest absolute Gasteiger partial charge is 0.197 e. The molecule has 0 aliphatic rings. The van der Waals surface area contributed by atoms with Crippen LogP contribution in [-0.4, -0.2) is 24.5 Å². The predicted molar refractivity (Wildman–Crippen MR) is 79.0 cm³/mol. The van der Waals surface area contributed by atoms with Crippen LogP contribution in [0, 0.1) is 6.92 Å². The Morgan fingerprint density at radius 1 is 1.19 bits per heavy atom. The highest BCUT2D eigenvalue weighted by Gasteiger charge is 2.10. The van der Waals surface area contributed by atoms with Crippen LogP contribution in [0.1, 0.15) is 11.5 Å². The largest absolute Gasteiger partial charge is 0.459 e. The first-order valence-corrected chi connectivity index (χ1v) is 7.30. The summed E-state index contributed by atoms with van der Waals surface area (Å²) in [7, 11) is 0. The summed E-state index contributed by atoms with van der Waals surface area (Å²) in [5.41, 5.74) is 2.37. The number of nitrogens with zero attached hydrogens (tertiary/aromatic N) is 5.